The molecule has 0 saturated heterocycles. The topological polar surface area (TPSA) is 83.5 Å². The third-order valence-electron chi connectivity index (χ3n) is 2.53. The maximum absolute atomic E-state index is 11.7. The van der Waals surface area contributed by atoms with Crippen LogP contribution in [0.1, 0.15) is 15.9 Å². The summed E-state index contributed by atoms with van der Waals surface area (Å²) in [6, 6.07) is 12.3. The molecule has 0 unspecified atom stereocenters. The number of amides is 2. The highest BCUT2D eigenvalue weighted by Gasteiger charge is 2.06. The molecule has 0 spiro atoms. The largest absolute Gasteiger partial charge is 0.343 e. The summed E-state index contributed by atoms with van der Waals surface area (Å²) < 4.78 is 0. The molecule has 0 aliphatic rings. The van der Waals surface area contributed by atoms with E-state index in [0.717, 1.165) is 5.56 Å². The first-order chi connectivity index (χ1) is 10.3. The zero-order valence-corrected chi connectivity index (χ0v) is 11.2. The van der Waals surface area contributed by atoms with Gasteiger partial charge in [0.05, 0.1) is 12.8 Å². The van der Waals surface area contributed by atoms with E-state index in [1.807, 2.05) is 6.07 Å². The molecule has 0 bridgehead atoms. The Labute approximate surface area is 121 Å². The van der Waals surface area contributed by atoms with Crippen LogP contribution in [0.15, 0.2) is 60.0 Å². The van der Waals surface area contributed by atoms with E-state index in [1.165, 1.54) is 6.21 Å². The summed E-state index contributed by atoms with van der Waals surface area (Å²) in [5.74, 6) is -0.707. The van der Waals surface area contributed by atoms with E-state index in [-0.39, 0.29) is 12.5 Å². The van der Waals surface area contributed by atoms with Crippen LogP contribution in [0, 0.1) is 0 Å². The Kier molecular flexibility index (Phi) is 5.17. The smallest absolute Gasteiger partial charge is 0.259 e. The van der Waals surface area contributed by atoms with Crippen molar-refractivity contribution in [3.8, 4) is 0 Å². The molecule has 0 aliphatic heterocycles. The van der Waals surface area contributed by atoms with E-state index in [0.29, 0.717) is 5.56 Å². The Morgan fingerprint density at radius 1 is 1.14 bits per heavy atom. The van der Waals surface area contributed by atoms with Gasteiger partial charge in [-0.15, -0.1) is 0 Å². The summed E-state index contributed by atoms with van der Waals surface area (Å²) in [5.41, 5.74) is 3.60. The molecular formula is C15H14N4O2. The average Bonchev–Trinajstić information content (AvgIpc) is 2.54. The number of hydrazone groups is 1. The fourth-order valence-electron chi connectivity index (χ4n) is 1.52. The number of carbonyl (C=O) groups is 2. The van der Waals surface area contributed by atoms with Crippen LogP contribution in [0.25, 0.3) is 0 Å². The summed E-state index contributed by atoms with van der Waals surface area (Å²) >= 11 is 0. The van der Waals surface area contributed by atoms with Gasteiger partial charge in [-0.2, -0.15) is 5.10 Å². The molecule has 0 saturated carbocycles. The number of pyridine rings is 1. The third kappa shape index (κ3) is 4.87. The first-order valence-corrected chi connectivity index (χ1v) is 6.31. The lowest BCUT2D eigenvalue weighted by atomic mass is 10.2. The molecule has 106 valence electrons. The van der Waals surface area contributed by atoms with Crippen molar-refractivity contribution in [2.24, 2.45) is 5.10 Å². The van der Waals surface area contributed by atoms with Gasteiger partial charge < -0.3 is 5.32 Å². The van der Waals surface area contributed by atoms with Crippen LogP contribution in [-0.4, -0.2) is 29.6 Å². The van der Waals surface area contributed by atoms with Crippen molar-refractivity contribution in [2.45, 2.75) is 0 Å². The molecule has 2 aromatic rings. The third-order valence-corrected chi connectivity index (χ3v) is 2.53. The number of rotatable bonds is 5. The Morgan fingerprint density at radius 3 is 2.67 bits per heavy atom. The molecule has 0 atom stereocenters. The summed E-state index contributed by atoms with van der Waals surface area (Å²) in [7, 11) is 0. The van der Waals surface area contributed by atoms with Crippen LogP contribution in [0.5, 0.6) is 0 Å². The van der Waals surface area contributed by atoms with Gasteiger partial charge in [0.15, 0.2) is 0 Å². The van der Waals surface area contributed by atoms with Gasteiger partial charge in [0.25, 0.3) is 11.8 Å². The maximum Gasteiger partial charge on any atom is 0.259 e. The number of carbonyl (C=O) groups excluding carboxylic acids is 2. The van der Waals surface area contributed by atoms with Crippen LogP contribution in [0.2, 0.25) is 0 Å². The van der Waals surface area contributed by atoms with E-state index in [1.54, 1.807) is 48.8 Å². The van der Waals surface area contributed by atoms with Gasteiger partial charge in [-0.25, -0.2) is 5.43 Å². The van der Waals surface area contributed by atoms with E-state index < -0.39 is 5.91 Å². The highest BCUT2D eigenvalue weighted by atomic mass is 16.2. The van der Waals surface area contributed by atoms with Crippen LogP contribution in [-0.2, 0) is 4.79 Å². The molecular weight excluding hydrogens is 268 g/mol. The van der Waals surface area contributed by atoms with Gasteiger partial charge in [0.2, 0.25) is 0 Å². The lowest BCUT2D eigenvalue weighted by Gasteiger charge is -2.03. The highest BCUT2D eigenvalue weighted by Crippen LogP contribution is 1.97. The predicted molar refractivity (Wildman–Crippen MR) is 78.7 cm³/mol. The second-order valence-electron chi connectivity index (χ2n) is 4.13. The lowest BCUT2D eigenvalue weighted by molar-refractivity contribution is -0.120. The van der Waals surface area contributed by atoms with Crippen molar-refractivity contribution in [1.82, 2.24) is 15.7 Å². The Bertz CT molecular complexity index is 627. The SMILES string of the molecule is O=C(CNC(=O)c1ccccc1)NN=Cc1cccnc1. The number of hydrogen-bond donors (Lipinski definition) is 2. The maximum atomic E-state index is 11.7. The summed E-state index contributed by atoms with van der Waals surface area (Å²) in [5, 5.41) is 6.29. The molecule has 21 heavy (non-hydrogen) atoms. The standard InChI is InChI=1S/C15H14N4O2/c20-14(19-18-10-12-5-4-8-16-9-12)11-17-15(21)13-6-2-1-3-7-13/h1-10H,11H2,(H,17,21)(H,19,20). The minimum Gasteiger partial charge on any atom is -0.343 e. The lowest BCUT2D eigenvalue weighted by Crippen LogP contribution is -2.34. The molecule has 1 heterocycles. The number of hydrogen-bond acceptors (Lipinski definition) is 4. The molecule has 2 amide bonds. The Balaban J connectivity index is 1.75. The van der Waals surface area contributed by atoms with Crippen LogP contribution in [0.3, 0.4) is 0 Å². The minimum absolute atomic E-state index is 0.141. The van der Waals surface area contributed by atoms with Gasteiger partial charge in [0, 0.05) is 23.5 Å². The van der Waals surface area contributed by atoms with Crippen LogP contribution < -0.4 is 10.7 Å². The zero-order chi connectivity index (χ0) is 14.9. The van der Waals surface area contributed by atoms with Gasteiger partial charge in [-0.1, -0.05) is 24.3 Å². The van der Waals surface area contributed by atoms with Crippen molar-refractivity contribution in [3.63, 3.8) is 0 Å². The van der Waals surface area contributed by atoms with Crippen molar-refractivity contribution in [3.05, 3.63) is 66.0 Å². The minimum atomic E-state index is -0.403. The molecule has 6 nitrogen and oxygen atoms in total. The number of nitrogens with zero attached hydrogens (tertiary/aromatic N) is 2. The molecule has 2 rings (SSSR count). The highest BCUT2D eigenvalue weighted by molar-refractivity contribution is 5.96. The quantitative estimate of drug-likeness (QED) is 0.633. The summed E-state index contributed by atoms with van der Waals surface area (Å²) in [6.45, 7) is -0.141. The predicted octanol–water partition coefficient (Wildman–Crippen LogP) is 0.962. The Morgan fingerprint density at radius 2 is 1.95 bits per heavy atom. The first-order valence-electron chi connectivity index (χ1n) is 6.31. The molecule has 0 aliphatic carbocycles. The number of aromatic nitrogens is 1. The molecule has 1 aromatic heterocycles. The fraction of sp³-hybridized carbons (Fsp3) is 0.0667. The average molecular weight is 282 g/mol. The number of nitrogens with one attached hydrogen (secondary N) is 2. The molecule has 1 aromatic carbocycles. The fourth-order valence-corrected chi connectivity index (χ4v) is 1.52. The van der Waals surface area contributed by atoms with Crippen molar-refractivity contribution >= 4 is 18.0 Å². The molecule has 2 N–H and O–H groups in total. The summed E-state index contributed by atoms with van der Waals surface area (Å²) in [6.07, 6.45) is 4.74. The second kappa shape index (κ2) is 7.54. The van der Waals surface area contributed by atoms with E-state index in [4.69, 9.17) is 0 Å². The second-order valence-corrected chi connectivity index (χ2v) is 4.13. The number of benzene rings is 1. The van der Waals surface area contributed by atoms with E-state index in [2.05, 4.69) is 20.8 Å². The van der Waals surface area contributed by atoms with Crippen LogP contribution >= 0.6 is 0 Å². The van der Waals surface area contributed by atoms with Crippen molar-refractivity contribution < 1.29 is 9.59 Å². The van der Waals surface area contributed by atoms with Crippen molar-refractivity contribution in [2.75, 3.05) is 6.54 Å². The Hall–Kier alpha value is -3.02. The monoisotopic (exact) mass is 282 g/mol. The van der Waals surface area contributed by atoms with Gasteiger partial charge in [-0.05, 0) is 18.2 Å². The van der Waals surface area contributed by atoms with Gasteiger partial charge >= 0.3 is 0 Å². The molecule has 0 radical (unpaired) electrons. The normalized spacial score (nSPS) is 10.3. The van der Waals surface area contributed by atoms with E-state index >= 15 is 0 Å². The van der Waals surface area contributed by atoms with Gasteiger partial charge in [-0.3, -0.25) is 14.6 Å². The van der Waals surface area contributed by atoms with E-state index in [9.17, 15) is 9.59 Å². The van der Waals surface area contributed by atoms with Crippen LogP contribution in [0.4, 0.5) is 0 Å². The van der Waals surface area contributed by atoms with Gasteiger partial charge in [0.1, 0.15) is 0 Å². The summed E-state index contributed by atoms with van der Waals surface area (Å²) in [4.78, 5) is 27.1. The molecule has 0 fully saturated rings. The first kappa shape index (κ1) is 14.4. The molecule has 6 heteroatoms. The van der Waals surface area contributed by atoms with Crippen molar-refractivity contribution in [1.29, 1.82) is 0 Å². The zero-order valence-electron chi connectivity index (χ0n) is 11.2.